The van der Waals surface area contributed by atoms with Crippen LogP contribution in [0.25, 0.3) is 11.0 Å². The zero-order chi connectivity index (χ0) is 23.4. The number of hydrogen-bond donors (Lipinski definition) is 2. The third-order valence-corrected chi connectivity index (χ3v) is 4.51. The first-order valence-electron chi connectivity index (χ1n) is 8.98. The van der Waals surface area contributed by atoms with Crippen molar-refractivity contribution in [1.29, 1.82) is 0 Å². The number of carbonyl (C=O) groups excluding carboxylic acids is 1. The Hall–Kier alpha value is -3.25. The molecular weight excluding hydrogens is 458 g/mol. The molecule has 2 N–H and O–H groups in total. The van der Waals surface area contributed by atoms with E-state index in [0.29, 0.717) is 16.6 Å². The monoisotopic (exact) mass is 473 g/mol. The summed E-state index contributed by atoms with van der Waals surface area (Å²) in [5.41, 5.74) is 0.569. The summed E-state index contributed by atoms with van der Waals surface area (Å²) < 4.78 is 60.4. The second kappa shape index (κ2) is 9.92. The van der Waals surface area contributed by atoms with Gasteiger partial charge < -0.3 is 20.1 Å². The minimum atomic E-state index is -3.33. The molecule has 32 heavy (non-hydrogen) atoms. The summed E-state index contributed by atoms with van der Waals surface area (Å²) in [7, 11) is 1.46. The van der Waals surface area contributed by atoms with Crippen LogP contribution in [0.3, 0.4) is 0 Å². The molecule has 0 bridgehead atoms. The van der Waals surface area contributed by atoms with Crippen LogP contribution < -0.4 is 15.4 Å². The van der Waals surface area contributed by atoms with Crippen LogP contribution >= 0.6 is 11.6 Å². The fourth-order valence-corrected chi connectivity index (χ4v) is 3.00. The highest BCUT2D eigenvalue weighted by atomic mass is 35.5. The number of nitrogens with zero attached hydrogens (tertiary/aromatic N) is 3. The Morgan fingerprint density at radius 3 is 2.53 bits per heavy atom. The van der Waals surface area contributed by atoms with Crippen molar-refractivity contribution >= 4 is 40.0 Å². The average molecular weight is 474 g/mol. The lowest BCUT2D eigenvalue weighted by atomic mass is 10.1. The number of pyridine rings is 3. The normalized spacial score (nSPS) is 12.3. The maximum Gasteiger partial charge on any atom is 0.388 e. The van der Waals surface area contributed by atoms with E-state index in [0.717, 1.165) is 12.3 Å². The highest BCUT2D eigenvalue weighted by Crippen LogP contribution is 2.32. The Balaban J connectivity index is 1.88. The summed E-state index contributed by atoms with van der Waals surface area (Å²) in [6.45, 7) is -1.60. The van der Waals surface area contributed by atoms with E-state index in [1.165, 1.54) is 13.3 Å². The van der Waals surface area contributed by atoms with Crippen LogP contribution in [-0.4, -0.2) is 34.7 Å². The average Bonchev–Trinajstić information content (AvgIpc) is 2.73. The number of ether oxygens (including phenoxy) is 2. The van der Waals surface area contributed by atoms with Gasteiger partial charge in [-0.05, 0) is 25.1 Å². The SMILES string of the molecule is CO[C@@H](C)c1c(NC(=O)Nc2cnc(OC(F)F)c(C(F)F)c2)cnc2ccc(Cl)nc12. The molecule has 170 valence electrons. The fraction of sp³-hybridized carbons (Fsp3) is 0.263. The molecule has 8 nitrogen and oxygen atoms in total. The van der Waals surface area contributed by atoms with Gasteiger partial charge in [0.25, 0.3) is 6.43 Å². The number of alkyl halides is 4. The van der Waals surface area contributed by atoms with Gasteiger partial charge in [0, 0.05) is 12.7 Å². The molecule has 0 aromatic carbocycles. The zero-order valence-corrected chi connectivity index (χ0v) is 17.3. The van der Waals surface area contributed by atoms with Gasteiger partial charge in [0.05, 0.1) is 46.5 Å². The Labute approximate surface area is 183 Å². The van der Waals surface area contributed by atoms with E-state index in [2.05, 4.69) is 30.3 Å². The summed E-state index contributed by atoms with van der Waals surface area (Å²) in [6.07, 6.45) is -1.39. The number of halogens is 5. The number of carbonyl (C=O) groups is 1. The number of nitrogens with one attached hydrogen (secondary N) is 2. The molecule has 13 heteroatoms. The van der Waals surface area contributed by atoms with Gasteiger partial charge in [0.1, 0.15) is 5.15 Å². The van der Waals surface area contributed by atoms with Crippen molar-refractivity contribution < 1.29 is 31.8 Å². The molecule has 0 fully saturated rings. The third-order valence-electron chi connectivity index (χ3n) is 4.30. The lowest BCUT2D eigenvalue weighted by Crippen LogP contribution is -2.21. The van der Waals surface area contributed by atoms with E-state index in [1.54, 1.807) is 19.1 Å². The van der Waals surface area contributed by atoms with Crippen molar-refractivity contribution in [2.75, 3.05) is 17.7 Å². The molecule has 3 aromatic heterocycles. The van der Waals surface area contributed by atoms with E-state index >= 15 is 0 Å². The van der Waals surface area contributed by atoms with Gasteiger partial charge in [-0.2, -0.15) is 8.78 Å². The van der Waals surface area contributed by atoms with Gasteiger partial charge in [-0.1, -0.05) is 11.6 Å². The Morgan fingerprint density at radius 1 is 1.12 bits per heavy atom. The van der Waals surface area contributed by atoms with Crippen LogP contribution in [0, 0.1) is 0 Å². The van der Waals surface area contributed by atoms with Crippen molar-refractivity contribution in [2.24, 2.45) is 0 Å². The summed E-state index contributed by atoms with van der Waals surface area (Å²) >= 11 is 5.98. The van der Waals surface area contributed by atoms with Gasteiger partial charge in [0.15, 0.2) is 0 Å². The maximum absolute atomic E-state index is 13.2. The Kier molecular flexibility index (Phi) is 7.26. The van der Waals surface area contributed by atoms with Crippen molar-refractivity contribution in [3.05, 3.63) is 46.9 Å². The zero-order valence-electron chi connectivity index (χ0n) is 16.6. The molecule has 0 unspecified atom stereocenters. The van der Waals surface area contributed by atoms with Crippen LogP contribution in [-0.2, 0) is 4.74 Å². The molecule has 2 amide bonds. The highest BCUT2D eigenvalue weighted by molar-refractivity contribution is 6.29. The third kappa shape index (κ3) is 5.32. The van der Waals surface area contributed by atoms with Crippen molar-refractivity contribution in [3.8, 4) is 5.88 Å². The summed E-state index contributed by atoms with van der Waals surface area (Å²) in [5, 5.41) is 5.06. The van der Waals surface area contributed by atoms with Gasteiger partial charge in [0.2, 0.25) is 5.88 Å². The predicted octanol–water partition coefficient (Wildman–Crippen LogP) is 5.57. The van der Waals surface area contributed by atoms with Crippen LogP contribution in [0.4, 0.5) is 33.7 Å². The van der Waals surface area contributed by atoms with Crippen molar-refractivity contribution in [2.45, 2.75) is 26.1 Å². The lowest BCUT2D eigenvalue weighted by Gasteiger charge is -2.18. The summed E-state index contributed by atoms with van der Waals surface area (Å²) in [5.74, 6) is -0.932. The van der Waals surface area contributed by atoms with E-state index in [1.807, 2.05) is 0 Å². The van der Waals surface area contributed by atoms with Gasteiger partial charge in [-0.15, -0.1) is 0 Å². The van der Waals surface area contributed by atoms with Crippen molar-refractivity contribution in [3.63, 3.8) is 0 Å². The predicted molar refractivity (Wildman–Crippen MR) is 108 cm³/mol. The molecule has 3 aromatic rings. The number of anilines is 2. The van der Waals surface area contributed by atoms with Crippen LogP contribution in [0.15, 0.2) is 30.6 Å². The number of aromatic nitrogens is 3. The fourth-order valence-electron chi connectivity index (χ4n) is 2.85. The molecule has 0 radical (unpaired) electrons. The second-order valence-electron chi connectivity index (χ2n) is 6.34. The number of methoxy groups -OCH3 is 1. The number of hydrogen-bond acceptors (Lipinski definition) is 6. The number of amides is 2. The first-order chi connectivity index (χ1) is 15.2. The van der Waals surface area contributed by atoms with Gasteiger partial charge in [-0.3, -0.25) is 4.98 Å². The molecule has 0 saturated heterocycles. The number of rotatable bonds is 7. The Morgan fingerprint density at radius 2 is 1.88 bits per heavy atom. The summed E-state index contributed by atoms with van der Waals surface area (Å²) in [6, 6.07) is 3.17. The molecule has 3 rings (SSSR count). The molecule has 1 atom stereocenters. The largest absolute Gasteiger partial charge is 0.416 e. The molecule has 3 heterocycles. The van der Waals surface area contributed by atoms with Gasteiger partial charge >= 0.3 is 12.6 Å². The van der Waals surface area contributed by atoms with Crippen LogP contribution in [0.2, 0.25) is 5.15 Å². The minimum absolute atomic E-state index is 0.171. The standard InChI is InChI=1S/C19H16ClF4N5O3/c1-8(31-2)14-12(7-25-11-3-4-13(20)29-15(11)14)28-19(30)27-9-5-10(16(21)22)17(26-6-9)32-18(23)24/h3-8,16,18H,1-2H3,(H2,27,28,30)/t8-/m0/s1. The molecule has 0 spiro atoms. The molecule has 0 aliphatic carbocycles. The molecule has 0 aliphatic heterocycles. The van der Waals surface area contributed by atoms with E-state index < -0.39 is 36.6 Å². The lowest BCUT2D eigenvalue weighted by molar-refractivity contribution is -0.0550. The van der Waals surface area contributed by atoms with Crippen LogP contribution in [0.5, 0.6) is 5.88 Å². The van der Waals surface area contributed by atoms with E-state index in [4.69, 9.17) is 16.3 Å². The maximum atomic E-state index is 13.2. The van der Waals surface area contributed by atoms with E-state index in [-0.39, 0.29) is 16.5 Å². The minimum Gasteiger partial charge on any atom is -0.416 e. The van der Waals surface area contributed by atoms with Gasteiger partial charge in [-0.25, -0.2) is 23.5 Å². The first kappa shape index (κ1) is 23.4. The molecular formula is C19H16ClF4N5O3. The quantitative estimate of drug-likeness (QED) is 0.344. The smallest absolute Gasteiger partial charge is 0.388 e. The number of fused-ring (bicyclic) bond motifs is 1. The number of urea groups is 1. The summed E-state index contributed by atoms with van der Waals surface area (Å²) in [4.78, 5) is 24.4. The highest BCUT2D eigenvalue weighted by Gasteiger charge is 2.21. The van der Waals surface area contributed by atoms with Crippen LogP contribution in [0.1, 0.15) is 30.6 Å². The Bertz CT molecular complexity index is 1140. The molecule has 0 aliphatic rings. The van der Waals surface area contributed by atoms with E-state index in [9.17, 15) is 22.4 Å². The van der Waals surface area contributed by atoms with Crippen molar-refractivity contribution in [1.82, 2.24) is 15.0 Å². The second-order valence-corrected chi connectivity index (χ2v) is 6.73. The molecule has 0 saturated carbocycles. The topological polar surface area (TPSA) is 98.3 Å². The first-order valence-corrected chi connectivity index (χ1v) is 9.36.